The van der Waals surface area contributed by atoms with E-state index in [9.17, 15) is 0 Å². The van der Waals surface area contributed by atoms with Gasteiger partial charge in [-0.2, -0.15) is 0 Å². The summed E-state index contributed by atoms with van der Waals surface area (Å²) in [6.45, 7) is 5.06. The standard InChI is InChI=1S/C18H26N4/c1-2-14-7-6-8-16-15(13-21-17(14)16)9-10-20-18(19)22-11-4-3-5-12-22/h6-8,13,21H,2-5,9-12H2,1H3,(H2,19,20). The minimum absolute atomic E-state index is 0.716. The lowest BCUT2D eigenvalue weighted by Crippen LogP contribution is -2.41. The molecule has 0 aliphatic carbocycles. The van der Waals surface area contributed by atoms with Gasteiger partial charge in [0.25, 0.3) is 0 Å². The van der Waals surface area contributed by atoms with Crippen molar-refractivity contribution in [1.82, 2.24) is 9.88 Å². The number of nitrogens with one attached hydrogen (secondary N) is 1. The lowest BCUT2D eigenvalue weighted by atomic mass is 10.1. The SMILES string of the molecule is CCc1cccc2c(CCN=C(N)N3CCCCC3)c[nH]c12. The average molecular weight is 298 g/mol. The zero-order valence-corrected chi connectivity index (χ0v) is 13.4. The molecule has 1 aromatic heterocycles. The zero-order valence-electron chi connectivity index (χ0n) is 13.4. The smallest absolute Gasteiger partial charge is 0.191 e. The molecule has 0 spiro atoms. The number of H-pyrrole nitrogens is 1. The summed E-state index contributed by atoms with van der Waals surface area (Å²) < 4.78 is 0. The molecular weight excluding hydrogens is 272 g/mol. The number of aliphatic imine (C=N–C) groups is 1. The second kappa shape index (κ2) is 6.86. The van der Waals surface area contributed by atoms with Crippen molar-refractivity contribution in [2.75, 3.05) is 19.6 Å². The van der Waals surface area contributed by atoms with E-state index in [2.05, 4.69) is 46.2 Å². The molecule has 22 heavy (non-hydrogen) atoms. The van der Waals surface area contributed by atoms with E-state index >= 15 is 0 Å². The van der Waals surface area contributed by atoms with Crippen molar-refractivity contribution in [2.24, 2.45) is 10.7 Å². The van der Waals surface area contributed by atoms with Crippen LogP contribution in [0.5, 0.6) is 0 Å². The van der Waals surface area contributed by atoms with Crippen molar-refractivity contribution >= 4 is 16.9 Å². The Labute approximate surface area is 132 Å². The van der Waals surface area contributed by atoms with Crippen molar-refractivity contribution in [3.8, 4) is 0 Å². The molecule has 3 N–H and O–H groups in total. The van der Waals surface area contributed by atoms with Gasteiger partial charge in [-0.3, -0.25) is 4.99 Å². The highest BCUT2D eigenvalue weighted by atomic mass is 15.2. The van der Waals surface area contributed by atoms with Crippen LogP contribution < -0.4 is 5.73 Å². The van der Waals surface area contributed by atoms with Crippen LogP contribution in [0.1, 0.15) is 37.3 Å². The van der Waals surface area contributed by atoms with E-state index in [-0.39, 0.29) is 0 Å². The molecule has 1 saturated heterocycles. The number of piperidine rings is 1. The number of guanidine groups is 1. The third-order valence-electron chi connectivity index (χ3n) is 4.60. The van der Waals surface area contributed by atoms with E-state index in [1.165, 1.54) is 41.3 Å². The van der Waals surface area contributed by atoms with Crippen LogP contribution in [0.3, 0.4) is 0 Å². The summed E-state index contributed by atoms with van der Waals surface area (Å²) >= 11 is 0. The first-order chi connectivity index (χ1) is 10.8. The number of hydrogen-bond acceptors (Lipinski definition) is 1. The van der Waals surface area contributed by atoms with Crippen LogP contribution >= 0.6 is 0 Å². The van der Waals surface area contributed by atoms with Crippen LogP contribution in [0.15, 0.2) is 29.4 Å². The number of aromatic amines is 1. The number of fused-ring (bicyclic) bond motifs is 1. The molecule has 1 fully saturated rings. The summed E-state index contributed by atoms with van der Waals surface area (Å²) in [5.74, 6) is 0.716. The van der Waals surface area contributed by atoms with Gasteiger partial charge in [0.2, 0.25) is 0 Å². The highest BCUT2D eigenvalue weighted by Crippen LogP contribution is 2.22. The van der Waals surface area contributed by atoms with Gasteiger partial charge in [0.15, 0.2) is 5.96 Å². The molecule has 3 rings (SSSR count). The molecule has 4 heteroatoms. The van der Waals surface area contributed by atoms with Crippen molar-refractivity contribution < 1.29 is 0 Å². The molecule has 118 valence electrons. The maximum atomic E-state index is 6.11. The van der Waals surface area contributed by atoms with Gasteiger partial charge in [-0.25, -0.2) is 0 Å². The first-order valence-corrected chi connectivity index (χ1v) is 8.42. The second-order valence-electron chi connectivity index (χ2n) is 6.04. The van der Waals surface area contributed by atoms with Gasteiger partial charge in [0.1, 0.15) is 0 Å². The van der Waals surface area contributed by atoms with Gasteiger partial charge in [-0.1, -0.05) is 25.1 Å². The van der Waals surface area contributed by atoms with E-state index in [1.807, 2.05) is 0 Å². The molecule has 0 amide bonds. The minimum Gasteiger partial charge on any atom is -0.370 e. The highest BCUT2D eigenvalue weighted by molar-refractivity contribution is 5.86. The lowest BCUT2D eigenvalue weighted by molar-refractivity contribution is 0.338. The third-order valence-corrected chi connectivity index (χ3v) is 4.60. The normalized spacial score (nSPS) is 16.4. The summed E-state index contributed by atoms with van der Waals surface area (Å²) in [5.41, 5.74) is 10.1. The van der Waals surface area contributed by atoms with Gasteiger partial charge in [0.05, 0.1) is 0 Å². The number of aromatic nitrogens is 1. The third kappa shape index (κ3) is 3.11. The van der Waals surface area contributed by atoms with Crippen LogP contribution in [0.2, 0.25) is 0 Å². The van der Waals surface area contributed by atoms with E-state index in [0.717, 1.165) is 32.5 Å². The molecule has 0 unspecified atom stereocenters. The predicted molar refractivity (Wildman–Crippen MR) is 93.3 cm³/mol. The predicted octanol–water partition coefficient (Wildman–Crippen LogP) is 3.07. The highest BCUT2D eigenvalue weighted by Gasteiger charge is 2.12. The van der Waals surface area contributed by atoms with E-state index in [0.29, 0.717) is 5.96 Å². The van der Waals surface area contributed by atoms with Crippen molar-refractivity contribution in [1.29, 1.82) is 0 Å². The molecule has 4 nitrogen and oxygen atoms in total. The molecule has 0 saturated carbocycles. The Kier molecular flexibility index (Phi) is 4.66. The maximum Gasteiger partial charge on any atom is 0.191 e. The number of aryl methyl sites for hydroxylation is 1. The molecule has 2 aromatic rings. The Balaban J connectivity index is 1.66. The van der Waals surface area contributed by atoms with Crippen LogP contribution in [0.25, 0.3) is 10.9 Å². The Hall–Kier alpha value is -1.97. The van der Waals surface area contributed by atoms with Gasteiger partial charge in [-0.15, -0.1) is 0 Å². The summed E-state index contributed by atoms with van der Waals surface area (Å²) in [6.07, 6.45) is 7.89. The molecule has 0 radical (unpaired) electrons. The summed E-state index contributed by atoms with van der Waals surface area (Å²) in [6, 6.07) is 6.52. The number of rotatable bonds is 4. The number of benzene rings is 1. The fourth-order valence-corrected chi connectivity index (χ4v) is 3.29. The van der Waals surface area contributed by atoms with Crippen LogP contribution in [0, 0.1) is 0 Å². The molecular formula is C18H26N4. The first-order valence-electron chi connectivity index (χ1n) is 8.42. The van der Waals surface area contributed by atoms with Crippen LogP contribution in [-0.2, 0) is 12.8 Å². The fourth-order valence-electron chi connectivity index (χ4n) is 3.29. The largest absolute Gasteiger partial charge is 0.370 e. The quantitative estimate of drug-likeness (QED) is 0.673. The van der Waals surface area contributed by atoms with Crippen molar-refractivity contribution in [3.63, 3.8) is 0 Å². The number of hydrogen-bond donors (Lipinski definition) is 2. The molecule has 0 bridgehead atoms. The van der Waals surface area contributed by atoms with Gasteiger partial charge in [0, 0.05) is 36.7 Å². The van der Waals surface area contributed by atoms with Gasteiger partial charge < -0.3 is 15.6 Å². The van der Waals surface area contributed by atoms with Crippen molar-refractivity contribution in [3.05, 3.63) is 35.5 Å². The van der Waals surface area contributed by atoms with E-state index < -0.39 is 0 Å². The molecule has 2 heterocycles. The summed E-state index contributed by atoms with van der Waals surface area (Å²) in [4.78, 5) is 10.2. The van der Waals surface area contributed by atoms with Gasteiger partial charge in [-0.05, 0) is 43.2 Å². The van der Waals surface area contributed by atoms with E-state index in [1.54, 1.807) is 0 Å². The summed E-state index contributed by atoms with van der Waals surface area (Å²) in [7, 11) is 0. The topological polar surface area (TPSA) is 57.4 Å². The number of para-hydroxylation sites is 1. The van der Waals surface area contributed by atoms with E-state index in [4.69, 9.17) is 5.73 Å². The number of nitrogens with two attached hydrogens (primary N) is 1. The maximum absolute atomic E-state index is 6.11. The number of likely N-dealkylation sites (tertiary alicyclic amines) is 1. The molecule has 1 aromatic carbocycles. The first kappa shape index (κ1) is 14.9. The van der Waals surface area contributed by atoms with Gasteiger partial charge >= 0.3 is 0 Å². The molecule has 0 atom stereocenters. The monoisotopic (exact) mass is 298 g/mol. The summed E-state index contributed by atoms with van der Waals surface area (Å²) in [5, 5.41) is 1.33. The molecule has 1 aliphatic rings. The minimum atomic E-state index is 0.716. The van der Waals surface area contributed by atoms with Crippen LogP contribution in [0.4, 0.5) is 0 Å². The Morgan fingerprint density at radius 1 is 1.23 bits per heavy atom. The van der Waals surface area contributed by atoms with Crippen molar-refractivity contribution in [2.45, 2.75) is 39.0 Å². The second-order valence-corrected chi connectivity index (χ2v) is 6.04. The fraction of sp³-hybridized carbons (Fsp3) is 0.500. The molecule has 1 aliphatic heterocycles. The lowest BCUT2D eigenvalue weighted by Gasteiger charge is -2.27. The Bertz CT molecular complexity index is 650. The average Bonchev–Trinajstić information content (AvgIpc) is 2.99. The van der Waals surface area contributed by atoms with Crippen LogP contribution in [-0.4, -0.2) is 35.5 Å². The Morgan fingerprint density at radius 3 is 2.82 bits per heavy atom. The number of nitrogens with zero attached hydrogens (tertiary/aromatic N) is 2. The Morgan fingerprint density at radius 2 is 2.05 bits per heavy atom. The zero-order chi connectivity index (χ0) is 15.4.